The highest BCUT2D eigenvalue weighted by molar-refractivity contribution is 7.96. The highest BCUT2D eigenvalue weighted by Gasteiger charge is 2.41. The predicted molar refractivity (Wildman–Crippen MR) is 131 cm³/mol. The molecule has 170 valence electrons. The van der Waals surface area contributed by atoms with Gasteiger partial charge in [-0.15, -0.1) is 0 Å². The Morgan fingerprint density at radius 2 is 1.12 bits per heavy atom. The van der Waals surface area contributed by atoms with Gasteiger partial charge < -0.3 is 20.5 Å². The molecule has 0 aliphatic rings. The van der Waals surface area contributed by atoms with E-state index in [1.807, 2.05) is 91.0 Å². The summed E-state index contributed by atoms with van der Waals surface area (Å²) in [7, 11) is 2.41. The van der Waals surface area contributed by atoms with Crippen molar-refractivity contribution in [2.24, 2.45) is 5.73 Å². The quantitative estimate of drug-likeness (QED) is 0.407. The molecule has 0 radical (unpaired) electrons. The lowest BCUT2D eigenvalue weighted by molar-refractivity contribution is -0.142. The number of methoxy groups -OCH3 is 2. The van der Waals surface area contributed by atoms with Crippen molar-refractivity contribution in [3.8, 4) is 0 Å². The summed E-state index contributed by atoms with van der Waals surface area (Å²) < 4.78 is 10.2. The van der Waals surface area contributed by atoms with Crippen LogP contribution in [-0.2, 0) is 19.1 Å². The van der Waals surface area contributed by atoms with Crippen LogP contribution < -0.4 is 27.0 Å². The second kappa shape index (κ2) is 10.7. The molecule has 1 unspecified atom stereocenters. The van der Waals surface area contributed by atoms with Gasteiger partial charge in [-0.2, -0.15) is 0 Å². The van der Waals surface area contributed by atoms with E-state index in [-0.39, 0.29) is 5.29 Å². The Labute approximate surface area is 192 Å². The Morgan fingerprint density at radius 3 is 1.42 bits per heavy atom. The van der Waals surface area contributed by atoms with Crippen LogP contribution in [0.4, 0.5) is 4.79 Å². The number of nitrogens with one attached hydrogen (secondary N) is 1. The number of carbonyl (C=O) groups excluding carboxylic acids is 3. The zero-order valence-corrected chi connectivity index (χ0v) is 19.2. The van der Waals surface area contributed by atoms with Gasteiger partial charge in [0.25, 0.3) is 0 Å². The van der Waals surface area contributed by atoms with Crippen molar-refractivity contribution in [2.75, 3.05) is 14.2 Å². The van der Waals surface area contributed by atoms with Gasteiger partial charge in [0.1, 0.15) is 0 Å². The third-order valence-corrected chi connectivity index (χ3v) is 9.56. The molecule has 7 nitrogen and oxygen atoms in total. The van der Waals surface area contributed by atoms with Gasteiger partial charge in [-0.25, -0.2) is 14.4 Å². The normalized spacial score (nSPS) is 11.7. The number of nitrogens with two attached hydrogens (primary N) is 1. The van der Waals surface area contributed by atoms with Crippen LogP contribution in [0.3, 0.4) is 0 Å². The molecule has 8 heteroatoms. The van der Waals surface area contributed by atoms with Gasteiger partial charge in [-0.1, -0.05) is 91.0 Å². The fraction of sp³-hybridized carbons (Fsp3) is 0.120. The maximum atomic E-state index is 13.5. The molecule has 0 bridgehead atoms. The zero-order valence-electron chi connectivity index (χ0n) is 18.3. The van der Waals surface area contributed by atoms with E-state index in [1.54, 1.807) is 0 Å². The minimum absolute atomic E-state index is 0.0549. The number of hydrogen-bond acceptors (Lipinski definition) is 5. The second-order valence-corrected chi connectivity index (χ2v) is 10.4. The molecule has 33 heavy (non-hydrogen) atoms. The molecular formula is C25H25N2O5P. The van der Waals surface area contributed by atoms with Crippen molar-refractivity contribution in [3.05, 3.63) is 91.0 Å². The number of rotatable bonds is 7. The number of carbonyl (C=O) groups is 3. The Hall–Kier alpha value is -3.83. The molecule has 3 aromatic carbocycles. The number of urea groups is 1. The molecule has 0 saturated carbocycles. The summed E-state index contributed by atoms with van der Waals surface area (Å²) in [6.45, 7) is -3.04. The van der Waals surface area contributed by atoms with E-state index >= 15 is 0 Å². The molecular weight excluding hydrogens is 439 g/mol. The number of amides is 2. The number of benzene rings is 3. The van der Waals surface area contributed by atoms with Gasteiger partial charge in [-0.05, 0) is 22.8 Å². The van der Waals surface area contributed by atoms with Crippen LogP contribution in [0.5, 0.6) is 0 Å². The molecule has 0 saturated heterocycles. The summed E-state index contributed by atoms with van der Waals surface area (Å²) in [5, 5.41) is 4.85. The van der Waals surface area contributed by atoms with Crippen molar-refractivity contribution in [1.29, 1.82) is 0 Å². The SMILES string of the molecule is COC(=O)C(C(NC(N)=O)C(=O)OC)=P(c1ccccc1)(c1ccccc1)c1ccccc1. The van der Waals surface area contributed by atoms with Gasteiger partial charge >= 0.3 is 18.0 Å². The average molecular weight is 464 g/mol. The van der Waals surface area contributed by atoms with Crippen LogP contribution in [0, 0.1) is 0 Å². The van der Waals surface area contributed by atoms with E-state index in [1.165, 1.54) is 14.2 Å². The Balaban J connectivity index is 2.67. The Morgan fingerprint density at radius 1 is 0.727 bits per heavy atom. The molecule has 3 rings (SSSR count). The number of hydrogen-bond donors (Lipinski definition) is 2. The predicted octanol–water partition coefficient (Wildman–Crippen LogP) is 1.54. The van der Waals surface area contributed by atoms with Crippen molar-refractivity contribution in [3.63, 3.8) is 0 Å². The first-order chi connectivity index (χ1) is 16.0. The van der Waals surface area contributed by atoms with E-state index in [0.717, 1.165) is 15.9 Å². The number of esters is 2. The highest BCUT2D eigenvalue weighted by atomic mass is 31.2. The molecule has 0 heterocycles. The van der Waals surface area contributed by atoms with E-state index in [0.29, 0.717) is 0 Å². The van der Waals surface area contributed by atoms with Crippen molar-refractivity contribution >= 4 is 46.1 Å². The van der Waals surface area contributed by atoms with Gasteiger partial charge in [0.05, 0.1) is 19.5 Å². The van der Waals surface area contributed by atoms with Gasteiger partial charge in [0, 0.05) is 0 Å². The van der Waals surface area contributed by atoms with E-state index < -0.39 is 30.9 Å². The average Bonchev–Trinajstić information content (AvgIpc) is 2.86. The van der Waals surface area contributed by atoms with Gasteiger partial charge in [-0.3, -0.25) is 0 Å². The van der Waals surface area contributed by atoms with Crippen LogP contribution in [0.15, 0.2) is 91.0 Å². The molecule has 0 aliphatic carbocycles. The first kappa shape index (κ1) is 23.8. The topological polar surface area (TPSA) is 108 Å². The number of primary amides is 1. The fourth-order valence-corrected chi connectivity index (χ4v) is 8.38. The van der Waals surface area contributed by atoms with Crippen LogP contribution in [0.2, 0.25) is 0 Å². The van der Waals surface area contributed by atoms with Crippen LogP contribution in [0.1, 0.15) is 0 Å². The largest absolute Gasteiger partial charge is 0.467 e. The molecule has 0 aliphatic heterocycles. The summed E-state index contributed by atoms with van der Waals surface area (Å²) in [5.74, 6) is -1.58. The minimum atomic E-state index is -3.04. The third kappa shape index (κ3) is 4.69. The van der Waals surface area contributed by atoms with Crippen molar-refractivity contribution in [1.82, 2.24) is 5.32 Å². The maximum Gasteiger partial charge on any atom is 0.337 e. The third-order valence-electron chi connectivity index (χ3n) is 5.18. The summed E-state index contributed by atoms with van der Waals surface area (Å²) in [4.78, 5) is 38.4. The maximum absolute atomic E-state index is 13.5. The van der Waals surface area contributed by atoms with Crippen LogP contribution in [-0.4, -0.2) is 43.5 Å². The fourth-order valence-electron chi connectivity index (χ4n) is 3.87. The van der Waals surface area contributed by atoms with Crippen molar-refractivity contribution in [2.45, 2.75) is 6.04 Å². The first-order valence-electron chi connectivity index (χ1n) is 10.1. The lowest BCUT2D eigenvalue weighted by Gasteiger charge is -2.34. The smallest absolute Gasteiger partial charge is 0.337 e. The van der Waals surface area contributed by atoms with Crippen LogP contribution >= 0.6 is 6.89 Å². The summed E-state index contributed by atoms with van der Waals surface area (Å²) in [6.07, 6.45) is 0. The molecule has 0 fully saturated rings. The highest BCUT2D eigenvalue weighted by Crippen LogP contribution is 2.47. The summed E-state index contributed by atoms with van der Waals surface area (Å²) in [6, 6.07) is 25.7. The molecule has 2 amide bonds. The molecule has 3 N–H and O–H groups in total. The number of ether oxygens (including phenoxy) is 2. The monoisotopic (exact) mass is 464 g/mol. The molecule has 0 spiro atoms. The summed E-state index contributed by atoms with van der Waals surface area (Å²) in [5.41, 5.74) is 5.41. The summed E-state index contributed by atoms with van der Waals surface area (Å²) >= 11 is 0. The van der Waals surface area contributed by atoms with Gasteiger partial charge in [0.2, 0.25) is 0 Å². The first-order valence-corrected chi connectivity index (χ1v) is 11.9. The lowest BCUT2D eigenvalue weighted by Crippen LogP contribution is -2.54. The Bertz CT molecular complexity index is 1080. The van der Waals surface area contributed by atoms with Gasteiger partial charge in [0.15, 0.2) is 6.04 Å². The van der Waals surface area contributed by atoms with E-state index in [2.05, 4.69) is 5.32 Å². The van der Waals surface area contributed by atoms with E-state index in [4.69, 9.17) is 15.2 Å². The molecule has 3 aromatic rings. The lowest BCUT2D eigenvalue weighted by atomic mass is 10.2. The second-order valence-electron chi connectivity index (χ2n) is 7.02. The van der Waals surface area contributed by atoms with E-state index in [9.17, 15) is 14.4 Å². The molecule has 1 atom stereocenters. The Kier molecular flexibility index (Phi) is 7.70. The zero-order chi connectivity index (χ0) is 23.8. The van der Waals surface area contributed by atoms with Crippen molar-refractivity contribution < 1.29 is 23.9 Å². The minimum Gasteiger partial charge on any atom is -0.467 e. The standard InChI is InChI=1S/C25H25N2O5P/c1-31-23(28)21(27-25(26)30)22(24(29)32-2)33(18-12-6-3-7-13-18,19-14-8-4-9-15-19)20-16-10-5-11-17-20/h3-17,21H,1-2H3,(H3,26,27,30). The van der Waals surface area contributed by atoms with Crippen LogP contribution in [0.25, 0.3) is 0 Å². The molecule has 0 aromatic heterocycles.